The minimum atomic E-state index is 0.318. The number of nitrogens with two attached hydrogens (primary N) is 1. The molecule has 0 fully saturated rings. The van der Waals surface area contributed by atoms with Crippen molar-refractivity contribution in [3.63, 3.8) is 0 Å². The second-order valence-corrected chi connectivity index (χ2v) is 6.05. The van der Waals surface area contributed by atoms with E-state index in [4.69, 9.17) is 16.0 Å². The van der Waals surface area contributed by atoms with Crippen LogP contribution in [0.5, 0.6) is 0 Å². The van der Waals surface area contributed by atoms with Gasteiger partial charge in [-0.2, -0.15) is 5.26 Å². The van der Waals surface area contributed by atoms with Gasteiger partial charge in [-0.15, -0.1) is 0 Å². The van der Waals surface area contributed by atoms with Crippen LogP contribution < -0.4 is 5.73 Å². The molecule has 0 amide bonds. The summed E-state index contributed by atoms with van der Waals surface area (Å²) in [6.07, 6.45) is 0. The molecule has 0 spiro atoms. The molecule has 1 aromatic carbocycles. The van der Waals surface area contributed by atoms with Gasteiger partial charge in [0, 0.05) is 18.0 Å². The van der Waals surface area contributed by atoms with Crippen LogP contribution in [0.3, 0.4) is 0 Å². The largest absolute Gasteiger partial charge is 0.383 e. The average molecular weight is 282 g/mol. The van der Waals surface area contributed by atoms with E-state index in [1.54, 1.807) is 12.1 Å². The van der Waals surface area contributed by atoms with Crippen LogP contribution in [-0.2, 0) is 6.54 Å². The van der Waals surface area contributed by atoms with Crippen LogP contribution in [0.1, 0.15) is 45.0 Å². The van der Waals surface area contributed by atoms with E-state index in [0.29, 0.717) is 23.2 Å². The molecular formula is C17H22N4. The maximum atomic E-state index is 8.88. The maximum Gasteiger partial charge on any atom is 0.131 e. The molecule has 2 aromatic rings. The first-order valence-corrected chi connectivity index (χ1v) is 7.30. The highest BCUT2D eigenvalue weighted by atomic mass is 15.1. The quantitative estimate of drug-likeness (QED) is 0.927. The molecule has 4 nitrogen and oxygen atoms in total. The molecule has 1 heterocycles. The first-order valence-electron chi connectivity index (χ1n) is 7.30. The Kier molecular flexibility index (Phi) is 4.32. The van der Waals surface area contributed by atoms with Gasteiger partial charge in [0.1, 0.15) is 17.3 Å². The molecule has 2 rings (SSSR count). The Morgan fingerprint density at radius 3 is 2.29 bits per heavy atom. The maximum absolute atomic E-state index is 8.88. The fourth-order valence-electron chi connectivity index (χ4n) is 2.40. The summed E-state index contributed by atoms with van der Waals surface area (Å²) in [7, 11) is 0. The van der Waals surface area contributed by atoms with Crippen LogP contribution in [0.15, 0.2) is 24.3 Å². The summed E-state index contributed by atoms with van der Waals surface area (Å²) < 4.78 is 2.11. The van der Waals surface area contributed by atoms with E-state index in [1.165, 1.54) is 0 Å². The molecule has 0 aliphatic rings. The van der Waals surface area contributed by atoms with E-state index < -0.39 is 0 Å². The average Bonchev–Trinajstić information content (AvgIpc) is 2.76. The molecule has 21 heavy (non-hydrogen) atoms. The zero-order valence-corrected chi connectivity index (χ0v) is 13.1. The van der Waals surface area contributed by atoms with Crippen molar-refractivity contribution in [2.75, 3.05) is 5.73 Å². The fraction of sp³-hybridized carbons (Fsp3) is 0.412. The number of benzene rings is 1. The number of imidazole rings is 1. The van der Waals surface area contributed by atoms with Gasteiger partial charge in [0.05, 0.1) is 11.6 Å². The minimum Gasteiger partial charge on any atom is -0.383 e. The fourth-order valence-corrected chi connectivity index (χ4v) is 2.40. The topological polar surface area (TPSA) is 67.6 Å². The standard InChI is InChI=1S/C17H22N4/c1-11(2)10-21-16(19)15(20-17(21)12(3)4)14-7-5-13(9-18)6-8-14/h5-8,11-12H,10,19H2,1-4H3. The number of nitrogens with zero attached hydrogens (tertiary/aromatic N) is 3. The molecule has 0 radical (unpaired) electrons. The lowest BCUT2D eigenvalue weighted by molar-refractivity contribution is 0.502. The molecule has 0 unspecified atom stereocenters. The monoisotopic (exact) mass is 282 g/mol. The van der Waals surface area contributed by atoms with Crippen LogP contribution in [0.25, 0.3) is 11.3 Å². The summed E-state index contributed by atoms with van der Waals surface area (Å²) in [5.41, 5.74) is 8.73. The Balaban J connectivity index is 2.51. The molecule has 1 aromatic heterocycles. The smallest absolute Gasteiger partial charge is 0.131 e. The second-order valence-electron chi connectivity index (χ2n) is 6.05. The summed E-state index contributed by atoms with van der Waals surface area (Å²) in [5, 5.41) is 8.88. The van der Waals surface area contributed by atoms with Gasteiger partial charge in [0.2, 0.25) is 0 Å². The Morgan fingerprint density at radius 2 is 1.81 bits per heavy atom. The molecule has 0 bridgehead atoms. The number of hydrogen-bond acceptors (Lipinski definition) is 3. The summed E-state index contributed by atoms with van der Waals surface area (Å²) in [6.45, 7) is 9.46. The van der Waals surface area contributed by atoms with Crippen molar-refractivity contribution in [2.24, 2.45) is 5.92 Å². The lowest BCUT2D eigenvalue weighted by Gasteiger charge is -2.14. The summed E-state index contributed by atoms with van der Waals surface area (Å²) >= 11 is 0. The van der Waals surface area contributed by atoms with Crippen molar-refractivity contribution in [3.05, 3.63) is 35.7 Å². The van der Waals surface area contributed by atoms with Gasteiger partial charge in [-0.1, -0.05) is 39.8 Å². The first-order chi connectivity index (χ1) is 9.93. The number of nitriles is 1. The van der Waals surface area contributed by atoms with E-state index in [0.717, 1.165) is 23.6 Å². The number of nitrogen functional groups attached to an aromatic ring is 1. The van der Waals surface area contributed by atoms with Gasteiger partial charge in [-0.05, 0) is 18.1 Å². The third-order valence-electron chi connectivity index (χ3n) is 3.39. The third kappa shape index (κ3) is 3.08. The molecule has 0 aliphatic carbocycles. The van der Waals surface area contributed by atoms with Gasteiger partial charge < -0.3 is 10.3 Å². The number of anilines is 1. The van der Waals surface area contributed by atoms with Crippen molar-refractivity contribution in [1.82, 2.24) is 9.55 Å². The Bertz CT molecular complexity index is 657. The highest BCUT2D eigenvalue weighted by Crippen LogP contribution is 2.30. The van der Waals surface area contributed by atoms with Crippen LogP contribution in [0, 0.1) is 17.2 Å². The zero-order chi connectivity index (χ0) is 15.6. The summed E-state index contributed by atoms with van der Waals surface area (Å²) in [5.74, 6) is 2.55. The van der Waals surface area contributed by atoms with E-state index in [1.807, 2.05) is 12.1 Å². The Hall–Kier alpha value is -2.28. The van der Waals surface area contributed by atoms with E-state index in [9.17, 15) is 0 Å². The highest BCUT2D eigenvalue weighted by molar-refractivity contribution is 5.71. The van der Waals surface area contributed by atoms with Crippen LogP contribution in [0.4, 0.5) is 5.82 Å². The Labute approximate surface area is 126 Å². The highest BCUT2D eigenvalue weighted by Gasteiger charge is 2.18. The zero-order valence-electron chi connectivity index (χ0n) is 13.1. The number of rotatable bonds is 4. The minimum absolute atomic E-state index is 0.318. The molecular weight excluding hydrogens is 260 g/mol. The third-order valence-corrected chi connectivity index (χ3v) is 3.39. The number of aromatic nitrogens is 2. The van der Waals surface area contributed by atoms with E-state index in [-0.39, 0.29) is 0 Å². The lowest BCUT2D eigenvalue weighted by atomic mass is 10.1. The lowest BCUT2D eigenvalue weighted by Crippen LogP contribution is -2.12. The van der Waals surface area contributed by atoms with Crippen molar-refractivity contribution < 1.29 is 0 Å². The Morgan fingerprint density at radius 1 is 1.19 bits per heavy atom. The van der Waals surface area contributed by atoms with Gasteiger partial charge in [0.25, 0.3) is 0 Å². The SMILES string of the molecule is CC(C)Cn1c(C(C)C)nc(-c2ccc(C#N)cc2)c1N. The van der Waals surface area contributed by atoms with Crippen molar-refractivity contribution in [2.45, 2.75) is 40.2 Å². The van der Waals surface area contributed by atoms with Crippen LogP contribution in [-0.4, -0.2) is 9.55 Å². The van der Waals surface area contributed by atoms with E-state index in [2.05, 4.69) is 38.3 Å². The molecule has 0 saturated carbocycles. The van der Waals surface area contributed by atoms with Crippen LogP contribution >= 0.6 is 0 Å². The summed E-state index contributed by atoms with van der Waals surface area (Å²) in [4.78, 5) is 4.74. The van der Waals surface area contributed by atoms with Gasteiger partial charge in [0.15, 0.2) is 0 Å². The molecule has 110 valence electrons. The number of hydrogen-bond donors (Lipinski definition) is 1. The molecule has 4 heteroatoms. The first kappa shape index (κ1) is 15.1. The second kappa shape index (κ2) is 6.01. The van der Waals surface area contributed by atoms with Gasteiger partial charge in [-0.25, -0.2) is 4.98 Å². The van der Waals surface area contributed by atoms with Gasteiger partial charge in [-0.3, -0.25) is 0 Å². The van der Waals surface area contributed by atoms with Crippen molar-refractivity contribution >= 4 is 5.82 Å². The molecule has 0 aliphatic heterocycles. The van der Waals surface area contributed by atoms with E-state index >= 15 is 0 Å². The molecule has 2 N–H and O–H groups in total. The molecule has 0 saturated heterocycles. The molecule has 0 atom stereocenters. The van der Waals surface area contributed by atoms with Crippen molar-refractivity contribution in [1.29, 1.82) is 5.26 Å². The van der Waals surface area contributed by atoms with Gasteiger partial charge >= 0.3 is 0 Å². The van der Waals surface area contributed by atoms with Crippen molar-refractivity contribution in [3.8, 4) is 17.3 Å². The normalized spacial score (nSPS) is 11.1. The predicted molar refractivity (Wildman–Crippen MR) is 85.7 cm³/mol. The van der Waals surface area contributed by atoms with Crippen LogP contribution in [0.2, 0.25) is 0 Å². The summed E-state index contributed by atoms with van der Waals surface area (Å²) in [6, 6.07) is 9.53. The predicted octanol–water partition coefficient (Wildman–Crippen LogP) is 3.78.